The summed E-state index contributed by atoms with van der Waals surface area (Å²) in [5.41, 5.74) is 7.35. The predicted molar refractivity (Wildman–Crippen MR) is 74.4 cm³/mol. The lowest BCUT2D eigenvalue weighted by Gasteiger charge is -2.28. The molecule has 0 aliphatic carbocycles. The maximum absolute atomic E-state index is 6.01. The third-order valence-electron chi connectivity index (χ3n) is 3.95. The Hall–Kier alpha value is -0.900. The van der Waals surface area contributed by atoms with E-state index in [0.29, 0.717) is 12.0 Å². The van der Waals surface area contributed by atoms with Crippen molar-refractivity contribution in [3.63, 3.8) is 0 Å². The van der Waals surface area contributed by atoms with Crippen molar-refractivity contribution in [1.82, 2.24) is 4.90 Å². The first-order valence-corrected chi connectivity index (χ1v) is 6.76. The second kappa shape index (κ2) is 6.32. The van der Waals surface area contributed by atoms with Crippen LogP contribution in [0.1, 0.15) is 24.9 Å². The monoisotopic (exact) mass is 248 g/mol. The minimum Gasteiger partial charge on any atom is -0.383 e. The van der Waals surface area contributed by atoms with Crippen LogP contribution >= 0.6 is 0 Å². The molecule has 0 radical (unpaired) electrons. The van der Waals surface area contributed by atoms with E-state index in [-0.39, 0.29) is 6.04 Å². The smallest absolute Gasteiger partial charge is 0.0659 e. The second-order valence-electron chi connectivity index (χ2n) is 5.28. The fraction of sp³-hybridized carbons (Fsp3) is 0.600. The molecule has 1 heterocycles. The molecule has 2 rings (SSSR count). The molecule has 3 heteroatoms. The van der Waals surface area contributed by atoms with Crippen LogP contribution in [0.4, 0.5) is 0 Å². The summed E-state index contributed by atoms with van der Waals surface area (Å²) < 4.78 is 5.39. The summed E-state index contributed by atoms with van der Waals surface area (Å²) in [6, 6.07) is 11.3. The Morgan fingerprint density at radius 1 is 1.39 bits per heavy atom. The maximum atomic E-state index is 6.01. The normalized spacial score (nSPS) is 24.1. The van der Waals surface area contributed by atoms with Crippen LogP contribution in [0, 0.1) is 5.92 Å². The van der Waals surface area contributed by atoms with Gasteiger partial charge in [-0.25, -0.2) is 0 Å². The van der Waals surface area contributed by atoms with E-state index in [0.717, 1.165) is 19.7 Å². The number of likely N-dealkylation sites (tertiary alicyclic amines) is 1. The van der Waals surface area contributed by atoms with Crippen LogP contribution in [0.15, 0.2) is 30.3 Å². The van der Waals surface area contributed by atoms with E-state index in [9.17, 15) is 0 Å². The molecule has 0 aromatic heterocycles. The Morgan fingerprint density at radius 2 is 2.11 bits per heavy atom. The predicted octanol–water partition coefficient (Wildman–Crippen LogP) is 2.04. The number of hydrogen-bond acceptors (Lipinski definition) is 3. The maximum Gasteiger partial charge on any atom is 0.0659 e. The summed E-state index contributed by atoms with van der Waals surface area (Å²) in [6.45, 7) is 5.06. The lowest BCUT2D eigenvalue weighted by atomic mass is 10.0. The van der Waals surface area contributed by atoms with Gasteiger partial charge >= 0.3 is 0 Å². The van der Waals surface area contributed by atoms with Gasteiger partial charge < -0.3 is 10.5 Å². The largest absolute Gasteiger partial charge is 0.383 e. The number of methoxy groups -OCH3 is 1. The number of nitrogens with zero attached hydrogens (tertiary/aromatic N) is 1. The topological polar surface area (TPSA) is 38.5 Å². The molecule has 1 aliphatic heterocycles. The van der Waals surface area contributed by atoms with Gasteiger partial charge in [0.1, 0.15) is 0 Å². The molecule has 1 aromatic rings. The number of benzene rings is 1. The minimum atomic E-state index is 0.286. The van der Waals surface area contributed by atoms with E-state index in [1.165, 1.54) is 12.0 Å². The van der Waals surface area contributed by atoms with E-state index in [2.05, 4.69) is 42.2 Å². The Bertz CT molecular complexity index is 353. The van der Waals surface area contributed by atoms with Gasteiger partial charge in [-0.2, -0.15) is 0 Å². The van der Waals surface area contributed by atoms with Gasteiger partial charge in [0.25, 0.3) is 0 Å². The van der Waals surface area contributed by atoms with Gasteiger partial charge in [0, 0.05) is 19.7 Å². The molecule has 0 saturated carbocycles. The lowest BCUT2D eigenvalue weighted by Crippen LogP contribution is -2.33. The van der Waals surface area contributed by atoms with E-state index >= 15 is 0 Å². The SMILES string of the molecule is COCC(c1ccccc1)N1CCC(C(C)N)C1. The number of nitrogens with two attached hydrogens (primary N) is 1. The number of rotatable bonds is 5. The Morgan fingerprint density at radius 3 is 2.67 bits per heavy atom. The van der Waals surface area contributed by atoms with Crippen molar-refractivity contribution in [1.29, 1.82) is 0 Å². The van der Waals surface area contributed by atoms with Crippen LogP contribution in [0.5, 0.6) is 0 Å². The molecular weight excluding hydrogens is 224 g/mol. The molecule has 3 unspecified atom stereocenters. The molecule has 18 heavy (non-hydrogen) atoms. The molecule has 1 saturated heterocycles. The quantitative estimate of drug-likeness (QED) is 0.866. The van der Waals surface area contributed by atoms with Crippen LogP contribution < -0.4 is 5.73 Å². The standard InChI is InChI=1S/C15H24N2O/c1-12(16)14-8-9-17(10-14)15(11-18-2)13-6-4-3-5-7-13/h3-7,12,14-15H,8-11,16H2,1-2H3. The zero-order chi connectivity index (χ0) is 13.0. The zero-order valence-corrected chi connectivity index (χ0v) is 11.4. The van der Waals surface area contributed by atoms with Crippen molar-refractivity contribution < 1.29 is 4.74 Å². The third-order valence-corrected chi connectivity index (χ3v) is 3.95. The summed E-state index contributed by atoms with van der Waals surface area (Å²) >= 11 is 0. The Balaban J connectivity index is 2.07. The molecule has 0 bridgehead atoms. The van der Waals surface area contributed by atoms with Crippen LogP contribution in [0.25, 0.3) is 0 Å². The Labute approximate surface area is 110 Å². The highest BCUT2D eigenvalue weighted by Crippen LogP contribution is 2.28. The van der Waals surface area contributed by atoms with Crippen LogP contribution in [0.2, 0.25) is 0 Å². The molecule has 0 amide bonds. The van der Waals surface area contributed by atoms with Gasteiger partial charge in [-0.05, 0) is 31.4 Å². The second-order valence-corrected chi connectivity index (χ2v) is 5.28. The molecule has 2 N–H and O–H groups in total. The first kappa shape index (κ1) is 13.5. The first-order valence-electron chi connectivity index (χ1n) is 6.76. The zero-order valence-electron chi connectivity index (χ0n) is 11.4. The lowest BCUT2D eigenvalue weighted by molar-refractivity contribution is 0.102. The van der Waals surface area contributed by atoms with E-state index in [1.807, 2.05) is 0 Å². The van der Waals surface area contributed by atoms with Gasteiger partial charge in [0.2, 0.25) is 0 Å². The van der Waals surface area contributed by atoms with E-state index in [4.69, 9.17) is 10.5 Å². The van der Waals surface area contributed by atoms with Gasteiger partial charge in [0.15, 0.2) is 0 Å². The molecule has 3 nitrogen and oxygen atoms in total. The molecular formula is C15H24N2O. The average molecular weight is 248 g/mol. The molecule has 1 aliphatic rings. The van der Waals surface area contributed by atoms with Crippen molar-refractivity contribution in [2.24, 2.45) is 11.7 Å². The highest BCUT2D eigenvalue weighted by atomic mass is 16.5. The van der Waals surface area contributed by atoms with Crippen molar-refractivity contribution >= 4 is 0 Å². The first-order chi connectivity index (χ1) is 8.72. The molecule has 1 aromatic carbocycles. The average Bonchev–Trinajstić information content (AvgIpc) is 2.86. The summed E-state index contributed by atoms with van der Waals surface area (Å²) in [5, 5.41) is 0. The summed E-state index contributed by atoms with van der Waals surface area (Å²) in [6.07, 6.45) is 1.20. The van der Waals surface area contributed by atoms with E-state index in [1.54, 1.807) is 7.11 Å². The van der Waals surface area contributed by atoms with Gasteiger partial charge in [-0.15, -0.1) is 0 Å². The summed E-state index contributed by atoms with van der Waals surface area (Å²) in [4.78, 5) is 2.51. The van der Waals surface area contributed by atoms with Gasteiger partial charge in [0.05, 0.1) is 12.6 Å². The van der Waals surface area contributed by atoms with Gasteiger partial charge in [-0.3, -0.25) is 4.90 Å². The number of hydrogen-bond donors (Lipinski definition) is 1. The van der Waals surface area contributed by atoms with Crippen LogP contribution in [-0.2, 0) is 4.74 Å². The van der Waals surface area contributed by atoms with Gasteiger partial charge in [-0.1, -0.05) is 30.3 Å². The highest BCUT2D eigenvalue weighted by Gasteiger charge is 2.30. The van der Waals surface area contributed by atoms with E-state index < -0.39 is 0 Å². The Kier molecular flexibility index (Phi) is 4.75. The molecule has 3 atom stereocenters. The molecule has 1 fully saturated rings. The van der Waals surface area contributed by atoms with Crippen molar-refractivity contribution in [3.05, 3.63) is 35.9 Å². The van der Waals surface area contributed by atoms with Crippen molar-refractivity contribution in [2.45, 2.75) is 25.4 Å². The molecule has 100 valence electrons. The summed E-state index contributed by atoms with van der Waals surface area (Å²) in [7, 11) is 1.77. The highest BCUT2D eigenvalue weighted by molar-refractivity contribution is 5.19. The fourth-order valence-corrected chi connectivity index (χ4v) is 2.77. The van der Waals surface area contributed by atoms with Crippen molar-refractivity contribution in [3.8, 4) is 0 Å². The van der Waals surface area contributed by atoms with Crippen LogP contribution in [-0.4, -0.2) is 37.7 Å². The van der Waals surface area contributed by atoms with Crippen LogP contribution in [0.3, 0.4) is 0 Å². The minimum absolute atomic E-state index is 0.286. The third kappa shape index (κ3) is 3.10. The number of ether oxygens (including phenoxy) is 1. The van der Waals surface area contributed by atoms with Crippen molar-refractivity contribution in [2.75, 3.05) is 26.8 Å². The fourth-order valence-electron chi connectivity index (χ4n) is 2.77. The molecule has 0 spiro atoms. The summed E-state index contributed by atoms with van der Waals surface area (Å²) in [5.74, 6) is 0.619.